The Labute approximate surface area is 193 Å². The maximum atomic E-state index is 12.7. The van der Waals surface area contributed by atoms with Crippen molar-refractivity contribution in [1.82, 2.24) is 0 Å². The molecule has 0 saturated carbocycles. The number of carboxylic acid groups (broad SMARTS) is 1. The second kappa shape index (κ2) is 11.0. The molecule has 0 fully saturated rings. The average molecular weight is 475 g/mol. The van der Waals surface area contributed by atoms with Gasteiger partial charge in [0.1, 0.15) is 11.5 Å². The number of benzene rings is 3. The van der Waals surface area contributed by atoms with Crippen molar-refractivity contribution in [1.29, 1.82) is 0 Å². The van der Waals surface area contributed by atoms with E-state index in [0.717, 1.165) is 21.6 Å². The molecule has 1 N–H and O–H groups in total. The van der Waals surface area contributed by atoms with Gasteiger partial charge in [0.25, 0.3) is 0 Å². The minimum atomic E-state index is -4.76. The first kappa shape index (κ1) is 24.3. The van der Waals surface area contributed by atoms with Gasteiger partial charge in [-0.2, -0.15) is 0 Å². The third-order valence-electron chi connectivity index (χ3n) is 4.50. The number of hydrogen-bond donors (Lipinski definition) is 1. The van der Waals surface area contributed by atoms with Gasteiger partial charge in [-0.15, -0.1) is 24.9 Å². The standard InChI is InChI=1S/C25H21F3O4S/c1-17-14-20(31-16-24(29)30)10-11-23(17)33-13-12-22(18-6-3-2-4-7-18)19-8-5-9-21(15-19)32-25(26,27)28/h2-12,14-15H,13,16H2,1H3,(H,29,30)/b22-12-. The van der Waals surface area contributed by atoms with E-state index in [2.05, 4.69) is 4.74 Å². The minimum absolute atomic E-state index is 0.276. The smallest absolute Gasteiger partial charge is 0.482 e. The van der Waals surface area contributed by atoms with Crippen molar-refractivity contribution in [2.24, 2.45) is 0 Å². The zero-order valence-electron chi connectivity index (χ0n) is 17.6. The Kier molecular flexibility index (Phi) is 8.06. The predicted octanol–water partition coefficient (Wildman–Crippen LogP) is 6.58. The van der Waals surface area contributed by atoms with Crippen molar-refractivity contribution >= 4 is 23.3 Å². The van der Waals surface area contributed by atoms with Crippen LogP contribution in [0.4, 0.5) is 13.2 Å². The van der Waals surface area contributed by atoms with Gasteiger partial charge in [0, 0.05) is 10.6 Å². The molecule has 4 nitrogen and oxygen atoms in total. The highest BCUT2D eigenvalue weighted by Gasteiger charge is 2.31. The highest BCUT2D eigenvalue weighted by atomic mass is 32.2. The van der Waals surface area contributed by atoms with Crippen molar-refractivity contribution in [2.45, 2.75) is 18.2 Å². The summed E-state index contributed by atoms with van der Waals surface area (Å²) in [6.45, 7) is 1.49. The predicted molar refractivity (Wildman–Crippen MR) is 122 cm³/mol. The van der Waals surface area contributed by atoms with E-state index >= 15 is 0 Å². The van der Waals surface area contributed by atoms with Crippen LogP contribution in [0.1, 0.15) is 16.7 Å². The molecule has 0 aliphatic heterocycles. The Bertz CT molecular complexity index is 1130. The summed E-state index contributed by atoms with van der Waals surface area (Å²) in [6, 6.07) is 20.6. The number of carboxylic acids is 1. The Hall–Kier alpha value is -3.39. The van der Waals surface area contributed by atoms with Gasteiger partial charge in [0.15, 0.2) is 6.61 Å². The number of hydrogen-bond acceptors (Lipinski definition) is 4. The second-order valence-corrected chi connectivity index (χ2v) is 8.04. The first-order chi connectivity index (χ1) is 15.7. The van der Waals surface area contributed by atoms with E-state index in [1.54, 1.807) is 30.0 Å². The van der Waals surface area contributed by atoms with Gasteiger partial charge in [0.05, 0.1) is 0 Å². The van der Waals surface area contributed by atoms with Crippen LogP contribution in [-0.4, -0.2) is 29.8 Å². The summed E-state index contributed by atoms with van der Waals surface area (Å²) in [5.74, 6) is -0.289. The molecule has 0 aliphatic carbocycles. The van der Waals surface area contributed by atoms with Crippen molar-refractivity contribution in [2.75, 3.05) is 12.4 Å². The van der Waals surface area contributed by atoms with Gasteiger partial charge >= 0.3 is 12.3 Å². The molecule has 8 heteroatoms. The van der Waals surface area contributed by atoms with Crippen molar-refractivity contribution in [3.63, 3.8) is 0 Å². The number of thioether (sulfide) groups is 1. The highest BCUT2D eigenvalue weighted by molar-refractivity contribution is 7.99. The largest absolute Gasteiger partial charge is 0.573 e. The molecular formula is C25H21F3O4S. The molecule has 3 aromatic rings. The molecule has 0 bridgehead atoms. The van der Waals surface area contributed by atoms with Crippen LogP contribution < -0.4 is 9.47 Å². The van der Waals surface area contributed by atoms with Gasteiger partial charge in [-0.3, -0.25) is 0 Å². The van der Waals surface area contributed by atoms with Gasteiger partial charge < -0.3 is 14.6 Å². The number of rotatable bonds is 9. The number of aryl methyl sites for hydroxylation is 1. The van der Waals surface area contributed by atoms with Crippen molar-refractivity contribution in [3.05, 3.63) is 95.6 Å². The summed E-state index contributed by atoms with van der Waals surface area (Å²) in [5, 5.41) is 8.73. The third-order valence-corrected chi connectivity index (χ3v) is 5.60. The molecule has 0 amide bonds. The van der Waals surface area contributed by atoms with Crippen LogP contribution in [0.3, 0.4) is 0 Å². The summed E-state index contributed by atoms with van der Waals surface area (Å²) >= 11 is 1.55. The van der Waals surface area contributed by atoms with E-state index in [1.165, 1.54) is 18.2 Å². The maximum Gasteiger partial charge on any atom is 0.573 e. The van der Waals surface area contributed by atoms with Crippen LogP contribution in [0, 0.1) is 6.92 Å². The lowest BCUT2D eigenvalue weighted by atomic mass is 9.98. The quantitative estimate of drug-likeness (QED) is 0.355. The number of carbonyl (C=O) groups is 1. The van der Waals surface area contributed by atoms with E-state index < -0.39 is 18.9 Å². The molecule has 0 unspecified atom stereocenters. The molecule has 0 heterocycles. The maximum absolute atomic E-state index is 12.7. The third kappa shape index (κ3) is 7.61. The van der Waals surface area contributed by atoms with Crippen LogP contribution >= 0.6 is 11.8 Å². The van der Waals surface area contributed by atoms with Gasteiger partial charge in [-0.1, -0.05) is 48.5 Å². The van der Waals surface area contributed by atoms with E-state index in [1.807, 2.05) is 49.4 Å². The molecule has 0 spiro atoms. The lowest BCUT2D eigenvalue weighted by molar-refractivity contribution is -0.274. The van der Waals surface area contributed by atoms with Crippen LogP contribution in [-0.2, 0) is 4.79 Å². The van der Waals surface area contributed by atoms with Gasteiger partial charge in [-0.05, 0) is 59.5 Å². The van der Waals surface area contributed by atoms with E-state index in [-0.39, 0.29) is 5.75 Å². The van der Waals surface area contributed by atoms with Crippen LogP contribution in [0.2, 0.25) is 0 Å². The van der Waals surface area contributed by atoms with E-state index in [0.29, 0.717) is 17.1 Å². The van der Waals surface area contributed by atoms with Crippen LogP contribution in [0.5, 0.6) is 11.5 Å². The Morgan fingerprint density at radius 2 is 1.70 bits per heavy atom. The normalized spacial score (nSPS) is 11.8. The fraction of sp³-hybridized carbons (Fsp3) is 0.160. The summed E-state index contributed by atoms with van der Waals surface area (Å²) in [4.78, 5) is 11.6. The number of aliphatic carboxylic acids is 1. The molecule has 3 aromatic carbocycles. The summed E-state index contributed by atoms with van der Waals surface area (Å²) in [7, 11) is 0. The molecule has 0 saturated heterocycles. The van der Waals surface area contributed by atoms with Crippen LogP contribution in [0.15, 0.2) is 83.8 Å². The summed E-state index contributed by atoms with van der Waals surface area (Å²) in [5.41, 5.74) is 3.20. The molecule has 33 heavy (non-hydrogen) atoms. The van der Waals surface area contributed by atoms with Crippen molar-refractivity contribution < 1.29 is 32.5 Å². The molecule has 172 valence electrons. The topological polar surface area (TPSA) is 55.8 Å². The molecule has 0 aromatic heterocycles. The molecule has 0 aliphatic rings. The number of alkyl halides is 3. The molecule has 0 radical (unpaired) electrons. The lowest BCUT2D eigenvalue weighted by Gasteiger charge is -2.13. The van der Waals surface area contributed by atoms with Gasteiger partial charge in [-0.25, -0.2) is 4.79 Å². The Morgan fingerprint density at radius 1 is 0.970 bits per heavy atom. The highest BCUT2D eigenvalue weighted by Crippen LogP contribution is 2.31. The minimum Gasteiger partial charge on any atom is -0.482 e. The lowest BCUT2D eigenvalue weighted by Crippen LogP contribution is -2.17. The number of halogens is 3. The fourth-order valence-corrected chi connectivity index (χ4v) is 3.99. The van der Waals surface area contributed by atoms with E-state index in [9.17, 15) is 18.0 Å². The first-order valence-electron chi connectivity index (χ1n) is 9.91. The Morgan fingerprint density at radius 3 is 2.36 bits per heavy atom. The fourth-order valence-electron chi connectivity index (χ4n) is 3.11. The zero-order valence-corrected chi connectivity index (χ0v) is 18.5. The molecular weight excluding hydrogens is 453 g/mol. The SMILES string of the molecule is Cc1cc(OCC(=O)O)ccc1SC/C=C(/c1ccccc1)c1cccc(OC(F)(F)F)c1. The summed E-state index contributed by atoms with van der Waals surface area (Å²) in [6.07, 6.45) is -2.80. The first-order valence-corrected chi connectivity index (χ1v) is 10.9. The van der Waals surface area contributed by atoms with Gasteiger partial charge in [0.2, 0.25) is 0 Å². The zero-order chi connectivity index (χ0) is 23.8. The molecule has 3 rings (SSSR count). The number of ether oxygens (including phenoxy) is 2. The second-order valence-electron chi connectivity index (χ2n) is 6.98. The van der Waals surface area contributed by atoms with E-state index in [4.69, 9.17) is 9.84 Å². The molecule has 0 atom stereocenters. The van der Waals surface area contributed by atoms with Crippen LogP contribution in [0.25, 0.3) is 5.57 Å². The summed E-state index contributed by atoms with van der Waals surface area (Å²) < 4.78 is 47.3. The average Bonchev–Trinajstić information content (AvgIpc) is 2.76. The Balaban J connectivity index is 1.81. The monoisotopic (exact) mass is 474 g/mol. The van der Waals surface area contributed by atoms with Crippen molar-refractivity contribution in [3.8, 4) is 11.5 Å².